The molecule has 2 atom stereocenters. The smallest absolute Gasteiger partial charge is 0.226 e. The highest BCUT2D eigenvalue weighted by Crippen LogP contribution is 2.34. The van der Waals surface area contributed by atoms with Gasteiger partial charge in [0.15, 0.2) is 5.65 Å². The SMILES string of the molecule is CN1C2CCCC1CC(Nc1nc(Cl)nc3[nH]ncc13)C2. The Kier molecular flexibility index (Phi) is 3.23. The molecular formula is C14H19ClN6. The molecule has 0 amide bonds. The molecular weight excluding hydrogens is 288 g/mol. The second-order valence-corrected chi connectivity index (χ2v) is 6.53. The van der Waals surface area contributed by atoms with E-state index < -0.39 is 0 Å². The molecule has 2 fully saturated rings. The summed E-state index contributed by atoms with van der Waals surface area (Å²) in [6.45, 7) is 0. The topological polar surface area (TPSA) is 69.7 Å². The maximum atomic E-state index is 6.00. The lowest BCUT2D eigenvalue weighted by atomic mass is 9.82. The van der Waals surface area contributed by atoms with Crippen LogP contribution in [0, 0.1) is 0 Å². The van der Waals surface area contributed by atoms with E-state index in [0.29, 0.717) is 23.8 Å². The van der Waals surface area contributed by atoms with Crippen LogP contribution in [0.25, 0.3) is 11.0 Å². The van der Waals surface area contributed by atoms with E-state index in [4.69, 9.17) is 11.6 Å². The Hall–Kier alpha value is -1.40. The molecule has 2 N–H and O–H groups in total. The number of aromatic amines is 1. The highest BCUT2D eigenvalue weighted by Gasteiger charge is 2.36. The molecule has 7 heteroatoms. The van der Waals surface area contributed by atoms with Crippen LogP contribution in [0.3, 0.4) is 0 Å². The molecule has 4 heterocycles. The van der Waals surface area contributed by atoms with Crippen LogP contribution in [-0.4, -0.2) is 50.2 Å². The van der Waals surface area contributed by atoms with Crippen molar-refractivity contribution in [2.24, 2.45) is 0 Å². The van der Waals surface area contributed by atoms with Gasteiger partial charge in [0.1, 0.15) is 5.82 Å². The summed E-state index contributed by atoms with van der Waals surface area (Å²) in [5.41, 5.74) is 0.686. The Balaban J connectivity index is 1.59. The zero-order chi connectivity index (χ0) is 14.4. The van der Waals surface area contributed by atoms with Crippen LogP contribution >= 0.6 is 11.6 Å². The molecule has 0 spiro atoms. The van der Waals surface area contributed by atoms with E-state index >= 15 is 0 Å². The number of piperidine rings is 2. The minimum Gasteiger partial charge on any atom is -0.366 e. The van der Waals surface area contributed by atoms with Crippen molar-refractivity contribution in [1.82, 2.24) is 25.1 Å². The van der Waals surface area contributed by atoms with E-state index in [1.165, 1.54) is 19.3 Å². The molecule has 2 bridgehead atoms. The predicted octanol–water partition coefficient (Wildman–Crippen LogP) is 2.43. The molecule has 4 rings (SSSR count). The van der Waals surface area contributed by atoms with Crippen molar-refractivity contribution in [3.8, 4) is 0 Å². The van der Waals surface area contributed by atoms with Gasteiger partial charge in [0.05, 0.1) is 11.6 Å². The summed E-state index contributed by atoms with van der Waals surface area (Å²) in [6.07, 6.45) is 8.04. The van der Waals surface area contributed by atoms with Gasteiger partial charge < -0.3 is 10.2 Å². The fraction of sp³-hybridized carbons (Fsp3) is 0.643. The lowest BCUT2D eigenvalue weighted by Gasteiger charge is -2.47. The molecule has 2 aliphatic rings. The molecule has 0 saturated carbocycles. The molecule has 0 aliphatic carbocycles. The van der Waals surface area contributed by atoms with Crippen LogP contribution in [0.2, 0.25) is 5.28 Å². The second kappa shape index (κ2) is 5.10. The van der Waals surface area contributed by atoms with Crippen LogP contribution in [-0.2, 0) is 0 Å². The van der Waals surface area contributed by atoms with Crippen molar-refractivity contribution in [1.29, 1.82) is 0 Å². The summed E-state index contributed by atoms with van der Waals surface area (Å²) >= 11 is 6.00. The van der Waals surface area contributed by atoms with E-state index in [-0.39, 0.29) is 5.28 Å². The number of nitrogens with zero attached hydrogens (tertiary/aromatic N) is 4. The van der Waals surface area contributed by atoms with Gasteiger partial charge in [0.25, 0.3) is 0 Å². The fourth-order valence-corrected chi connectivity index (χ4v) is 4.01. The normalized spacial score (nSPS) is 29.7. The number of hydrogen-bond acceptors (Lipinski definition) is 5. The van der Waals surface area contributed by atoms with E-state index in [9.17, 15) is 0 Å². The lowest BCUT2D eigenvalue weighted by molar-refractivity contribution is 0.0608. The van der Waals surface area contributed by atoms with Gasteiger partial charge in [-0.25, -0.2) is 0 Å². The third-order valence-electron chi connectivity index (χ3n) is 4.96. The lowest BCUT2D eigenvalue weighted by Crippen LogP contribution is -2.52. The van der Waals surface area contributed by atoms with Gasteiger partial charge in [0.2, 0.25) is 5.28 Å². The third kappa shape index (κ3) is 2.36. The number of nitrogens with one attached hydrogen (secondary N) is 2. The second-order valence-electron chi connectivity index (χ2n) is 6.19. The van der Waals surface area contributed by atoms with E-state index in [0.717, 1.165) is 24.0 Å². The van der Waals surface area contributed by atoms with Crippen molar-refractivity contribution >= 4 is 28.5 Å². The summed E-state index contributed by atoms with van der Waals surface area (Å²) in [4.78, 5) is 11.1. The summed E-state index contributed by atoms with van der Waals surface area (Å²) in [5.74, 6) is 0.798. The van der Waals surface area contributed by atoms with Crippen molar-refractivity contribution in [3.05, 3.63) is 11.5 Å². The minimum atomic E-state index is 0.252. The van der Waals surface area contributed by atoms with Crippen LogP contribution in [0.1, 0.15) is 32.1 Å². The average Bonchev–Trinajstić information content (AvgIpc) is 2.88. The molecule has 6 nitrogen and oxygen atoms in total. The summed E-state index contributed by atoms with van der Waals surface area (Å²) in [7, 11) is 2.26. The number of anilines is 1. The molecule has 21 heavy (non-hydrogen) atoms. The summed E-state index contributed by atoms with van der Waals surface area (Å²) < 4.78 is 0. The van der Waals surface area contributed by atoms with E-state index in [1.807, 2.05) is 0 Å². The van der Waals surface area contributed by atoms with Gasteiger partial charge in [-0.3, -0.25) is 5.10 Å². The molecule has 2 aromatic rings. The largest absolute Gasteiger partial charge is 0.366 e. The first-order chi connectivity index (χ1) is 10.2. The number of halogens is 1. The molecule has 2 aromatic heterocycles. The van der Waals surface area contributed by atoms with Crippen molar-refractivity contribution in [2.75, 3.05) is 12.4 Å². The standard InChI is InChI=1S/C14H19ClN6/c1-21-9-3-2-4-10(21)6-8(5-9)17-12-11-7-16-20-13(11)19-14(15)18-12/h7-10H,2-6H2,1H3,(H2,16,17,18,19,20). The van der Waals surface area contributed by atoms with Gasteiger partial charge in [-0.2, -0.15) is 15.1 Å². The molecule has 2 saturated heterocycles. The quantitative estimate of drug-likeness (QED) is 0.834. The Bertz CT molecular complexity index is 642. The van der Waals surface area contributed by atoms with Gasteiger partial charge >= 0.3 is 0 Å². The van der Waals surface area contributed by atoms with Crippen LogP contribution in [0.4, 0.5) is 5.82 Å². The third-order valence-corrected chi connectivity index (χ3v) is 5.13. The summed E-state index contributed by atoms with van der Waals surface area (Å²) in [6, 6.07) is 1.82. The fourth-order valence-electron chi connectivity index (χ4n) is 3.84. The van der Waals surface area contributed by atoms with Gasteiger partial charge in [-0.05, 0) is 44.3 Å². The highest BCUT2D eigenvalue weighted by molar-refractivity contribution is 6.28. The minimum absolute atomic E-state index is 0.252. The molecule has 112 valence electrons. The maximum absolute atomic E-state index is 6.00. The van der Waals surface area contributed by atoms with Crippen LogP contribution < -0.4 is 5.32 Å². The Morgan fingerprint density at radius 1 is 1.29 bits per heavy atom. The molecule has 0 radical (unpaired) electrons. The first-order valence-electron chi connectivity index (χ1n) is 7.56. The molecule has 2 aliphatic heterocycles. The van der Waals surface area contributed by atoms with E-state index in [1.54, 1.807) is 6.20 Å². The van der Waals surface area contributed by atoms with Gasteiger partial charge in [-0.1, -0.05) is 6.42 Å². The van der Waals surface area contributed by atoms with E-state index in [2.05, 4.69) is 37.4 Å². The maximum Gasteiger partial charge on any atom is 0.226 e. The van der Waals surface area contributed by atoms with Gasteiger partial charge in [-0.15, -0.1) is 0 Å². The first kappa shape index (κ1) is 13.3. The van der Waals surface area contributed by atoms with Crippen molar-refractivity contribution in [2.45, 2.75) is 50.2 Å². The van der Waals surface area contributed by atoms with Crippen LogP contribution in [0.15, 0.2) is 6.20 Å². The number of hydrogen-bond donors (Lipinski definition) is 2. The van der Waals surface area contributed by atoms with Gasteiger partial charge in [0, 0.05) is 18.1 Å². The Morgan fingerprint density at radius 3 is 2.81 bits per heavy atom. The average molecular weight is 307 g/mol. The predicted molar refractivity (Wildman–Crippen MR) is 82.5 cm³/mol. The molecule has 0 aromatic carbocycles. The van der Waals surface area contributed by atoms with Crippen LogP contribution in [0.5, 0.6) is 0 Å². The number of aromatic nitrogens is 4. The number of H-pyrrole nitrogens is 1. The number of fused-ring (bicyclic) bond motifs is 3. The van der Waals surface area contributed by atoms with Crippen molar-refractivity contribution in [3.63, 3.8) is 0 Å². The highest BCUT2D eigenvalue weighted by atomic mass is 35.5. The number of rotatable bonds is 2. The molecule has 2 unspecified atom stereocenters. The first-order valence-corrected chi connectivity index (χ1v) is 7.93. The monoisotopic (exact) mass is 306 g/mol. The Morgan fingerprint density at radius 2 is 2.05 bits per heavy atom. The zero-order valence-corrected chi connectivity index (χ0v) is 12.8. The summed E-state index contributed by atoms with van der Waals surface area (Å²) in [5, 5.41) is 11.6. The van der Waals surface area contributed by atoms with Crippen molar-refractivity contribution < 1.29 is 0 Å². The zero-order valence-electron chi connectivity index (χ0n) is 12.0. The Labute approximate surface area is 128 Å².